The summed E-state index contributed by atoms with van der Waals surface area (Å²) in [5.74, 6) is -0.747. The molecule has 0 spiro atoms. The largest absolute Gasteiger partial charge is 0.451 e. The molecule has 132 valence electrons. The number of anilines is 1. The van der Waals surface area contributed by atoms with Crippen LogP contribution in [0.15, 0.2) is 48.9 Å². The fourth-order valence-corrected chi connectivity index (χ4v) is 2.26. The zero-order chi connectivity index (χ0) is 18.5. The van der Waals surface area contributed by atoms with Crippen LogP contribution in [0.1, 0.15) is 10.5 Å². The number of amides is 1. The molecule has 9 heteroatoms. The van der Waals surface area contributed by atoms with Gasteiger partial charge in [0.25, 0.3) is 5.91 Å². The summed E-state index contributed by atoms with van der Waals surface area (Å²) < 4.78 is 6.43. The molecule has 0 atom stereocenters. The second-order valence-electron chi connectivity index (χ2n) is 5.26. The van der Waals surface area contributed by atoms with E-state index in [0.717, 1.165) is 5.56 Å². The summed E-state index contributed by atoms with van der Waals surface area (Å²) in [6.45, 7) is -0.448. The van der Waals surface area contributed by atoms with E-state index in [1.54, 1.807) is 25.2 Å². The van der Waals surface area contributed by atoms with Crippen molar-refractivity contribution >= 4 is 29.3 Å². The predicted molar refractivity (Wildman–Crippen MR) is 94.6 cm³/mol. The number of hydrogen-bond donors (Lipinski definition) is 1. The molecule has 3 aromatic rings. The van der Waals surface area contributed by atoms with Crippen molar-refractivity contribution in [2.45, 2.75) is 0 Å². The van der Waals surface area contributed by atoms with Crippen molar-refractivity contribution in [3.63, 3.8) is 0 Å². The zero-order valence-electron chi connectivity index (χ0n) is 13.7. The van der Waals surface area contributed by atoms with Gasteiger partial charge in [0.2, 0.25) is 0 Å². The van der Waals surface area contributed by atoms with E-state index >= 15 is 0 Å². The zero-order valence-corrected chi connectivity index (χ0v) is 14.5. The Morgan fingerprint density at radius 3 is 2.69 bits per heavy atom. The van der Waals surface area contributed by atoms with Gasteiger partial charge in [0.1, 0.15) is 5.82 Å². The van der Waals surface area contributed by atoms with Gasteiger partial charge in [-0.2, -0.15) is 5.10 Å². The van der Waals surface area contributed by atoms with E-state index in [1.165, 1.54) is 23.3 Å². The first-order valence-corrected chi connectivity index (χ1v) is 7.93. The van der Waals surface area contributed by atoms with Gasteiger partial charge in [-0.3, -0.25) is 14.5 Å². The average molecular weight is 372 g/mol. The molecule has 0 aliphatic carbocycles. The Labute approximate surface area is 153 Å². The van der Waals surface area contributed by atoms with Crippen LogP contribution < -0.4 is 5.32 Å². The van der Waals surface area contributed by atoms with Crippen LogP contribution in [0.3, 0.4) is 0 Å². The summed E-state index contributed by atoms with van der Waals surface area (Å²) in [7, 11) is 1.70. The molecule has 1 aromatic carbocycles. The molecule has 2 aromatic heterocycles. The highest BCUT2D eigenvalue weighted by atomic mass is 35.5. The second-order valence-corrected chi connectivity index (χ2v) is 5.70. The SMILES string of the molecule is Cn1nc(-c2ccc(Cl)cc2)cc1NC(=O)COC(=O)c1cnccn1. The van der Waals surface area contributed by atoms with Gasteiger partial charge >= 0.3 is 5.97 Å². The minimum atomic E-state index is -0.722. The van der Waals surface area contributed by atoms with Crippen LogP contribution in [0, 0.1) is 0 Å². The second kappa shape index (κ2) is 7.75. The number of ether oxygens (including phenoxy) is 1. The van der Waals surface area contributed by atoms with Crippen molar-refractivity contribution in [1.82, 2.24) is 19.7 Å². The fourth-order valence-electron chi connectivity index (χ4n) is 2.13. The third kappa shape index (κ3) is 4.22. The van der Waals surface area contributed by atoms with E-state index in [4.69, 9.17) is 16.3 Å². The van der Waals surface area contributed by atoms with Gasteiger partial charge in [-0.25, -0.2) is 9.78 Å². The van der Waals surface area contributed by atoms with Gasteiger partial charge in [0.05, 0.1) is 11.9 Å². The van der Waals surface area contributed by atoms with Crippen LogP contribution in [-0.2, 0) is 16.6 Å². The first kappa shape index (κ1) is 17.6. The number of aromatic nitrogens is 4. The Kier molecular flexibility index (Phi) is 5.23. The van der Waals surface area contributed by atoms with E-state index in [-0.39, 0.29) is 5.69 Å². The van der Waals surface area contributed by atoms with Gasteiger partial charge < -0.3 is 10.1 Å². The topological polar surface area (TPSA) is 99.0 Å². The molecule has 0 unspecified atom stereocenters. The van der Waals surface area contributed by atoms with Crippen LogP contribution in [0.4, 0.5) is 5.82 Å². The van der Waals surface area contributed by atoms with Crippen LogP contribution in [0.2, 0.25) is 5.02 Å². The van der Waals surface area contributed by atoms with Crippen molar-refractivity contribution < 1.29 is 14.3 Å². The molecule has 1 amide bonds. The lowest BCUT2D eigenvalue weighted by molar-refractivity contribution is -0.119. The van der Waals surface area contributed by atoms with Crippen LogP contribution in [-0.4, -0.2) is 38.2 Å². The molecular formula is C17H14ClN5O3. The van der Waals surface area contributed by atoms with Crippen LogP contribution in [0.25, 0.3) is 11.3 Å². The number of aryl methyl sites for hydroxylation is 1. The Bertz CT molecular complexity index is 925. The van der Waals surface area contributed by atoms with Gasteiger partial charge in [0, 0.05) is 36.1 Å². The van der Waals surface area contributed by atoms with Crippen molar-refractivity contribution in [3.8, 4) is 11.3 Å². The lowest BCUT2D eigenvalue weighted by atomic mass is 10.1. The highest BCUT2D eigenvalue weighted by Gasteiger charge is 2.14. The fraction of sp³-hybridized carbons (Fsp3) is 0.118. The molecule has 0 aliphatic rings. The summed E-state index contributed by atoms with van der Waals surface area (Å²) >= 11 is 5.88. The lowest BCUT2D eigenvalue weighted by Crippen LogP contribution is -2.22. The smallest absolute Gasteiger partial charge is 0.359 e. The quantitative estimate of drug-likeness (QED) is 0.691. The molecule has 0 radical (unpaired) electrons. The molecule has 0 aliphatic heterocycles. The molecular weight excluding hydrogens is 358 g/mol. The molecule has 3 rings (SSSR count). The number of carbonyl (C=O) groups excluding carboxylic acids is 2. The summed E-state index contributed by atoms with van der Waals surface area (Å²) in [6, 6.07) is 8.90. The summed E-state index contributed by atoms with van der Waals surface area (Å²) in [4.78, 5) is 31.3. The lowest BCUT2D eigenvalue weighted by Gasteiger charge is -2.05. The number of nitrogens with zero attached hydrogens (tertiary/aromatic N) is 4. The van der Waals surface area contributed by atoms with Crippen LogP contribution in [0.5, 0.6) is 0 Å². The van der Waals surface area contributed by atoms with Gasteiger partial charge in [-0.1, -0.05) is 23.7 Å². The average Bonchev–Trinajstić information content (AvgIpc) is 3.01. The van der Waals surface area contributed by atoms with E-state index < -0.39 is 18.5 Å². The van der Waals surface area contributed by atoms with Crippen molar-refractivity contribution in [1.29, 1.82) is 0 Å². The standard InChI is InChI=1S/C17H14ClN5O3/c1-23-15(8-13(22-23)11-2-4-12(18)5-3-11)21-16(24)10-26-17(25)14-9-19-6-7-20-14/h2-9H,10H2,1H3,(H,21,24). The Morgan fingerprint density at radius 2 is 2.00 bits per heavy atom. The maximum atomic E-state index is 12.0. The van der Waals surface area contributed by atoms with E-state index in [0.29, 0.717) is 16.5 Å². The maximum absolute atomic E-state index is 12.0. The Balaban J connectivity index is 1.61. The Morgan fingerprint density at radius 1 is 1.23 bits per heavy atom. The van der Waals surface area contributed by atoms with Gasteiger partial charge in [-0.15, -0.1) is 0 Å². The number of carbonyl (C=O) groups is 2. The molecule has 2 heterocycles. The van der Waals surface area contributed by atoms with Crippen molar-refractivity contribution in [2.24, 2.45) is 7.05 Å². The van der Waals surface area contributed by atoms with E-state index in [9.17, 15) is 9.59 Å². The maximum Gasteiger partial charge on any atom is 0.359 e. The molecule has 0 fully saturated rings. The number of halogens is 1. The van der Waals surface area contributed by atoms with Gasteiger partial charge in [0.15, 0.2) is 12.3 Å². The van der Waals surface area contributed by atoms with Gasteiger partial charge in [-0.05, 0) is 12.1 Å². The number of benzene rings is 1. The van der Waals surface area contributed by atoms with Crippen LogP contribution >= 0.6 is 11.6 Å². The molecule has 1 N–H and O–H groups in total. The number of esters is 1. The first-order chi connectivity index (χ1) is 12.5. The number of rotatable bonds is 5. The van der Waals surface area contributed by atoms with E-state index in [2.05, 4.69) is 20.4 Å². The molecule has 0 saturated carbocycles. The summed E-state index contributed by atoms with van der Waals surface area (Å²) in [5.41, 5.74) is 1.57. The monoisotopic (exact) mass is 371 g/mol. The van der Waals surface area contributed by atoms with Crippen molar-refractivity contribution in [3.05, 3.63) is 59.6 Å². The first-order valence-electron chi connectivity index (χ1n) is 7.56. The minimum Gasteiger partial charge on any atom is -0.451 e. The minimum absolute atomic E-state index is 0.0332. The molecule has 26 heavy (non-hydrogen) atoms. The third-order valence-corrected chi connectivity index (χ3v) is 3.65. The summed E-state index contributed by atoms with van der Waals surface area (Å²) in [6.07, 6.45) is 4.06. The third-order valence-electron chi connectivity index (χ3n) is 3.39. The van der Waals surface area contributed by atoms with Crippen molar-refractivity contribution in [2.75, 3.05) is 11.9 Å². The summed E-state index contributed by atoms with van der Waals surface area (Å²) in [5, 5.41) is 7.61. The number of hydrogen-bond acceptors (Lipinski definition) is 6. The highest BCUT2D eigenvalue weighted by Crippen LogP contribution is 2.23. The normalized spacial score (nSPS) is 10.4. The predicted octanol–water partition coefficient (Wildman–Crippen LogP) is 2.33. The van der Waals surface area contributed by atoms with E-state index in [1.807, 2.05) is 12.1 Å². The molecule has 0 bridgehead atoms. The highest BCUT2D eigenvalue weighted by molar-refractivity contribution is 6.30. The Hall–Kier alpha value is -3.26. The number of nitrogens with one attached hydrogen (secondary N) is 1. The molecule has 8 nitrogen and oxygen atoms in total. The molecule has 0 saturated heterocycles.